The second-order valence-electron chi connectivity index (χ2n) is 6.55. The maximum Gasteiger partial charge on any atom is 0.0458 e. The normalized spacial score (nSPS) is 11.3. The van der Waals surface area contributed by atoms with Gasteiger partial charge in [0.2, 0.25) is 0 Å². The molecule has 0 atom stereocenters. The van der Waals surface area contributed by atoms with Crippen LogP contribution < -0.4 is 10.6 Å². The fraction of sp³-hybridized carbons (Fsp3) is 0.217. The molecule has 1 heterocycles. The van der Waals surface area contributed by atoms with Crippen molar-refractivity contribution in [3.05, 3.63) is 89.3 Å². The molecule has 134 valence electrons. The Morgan fingerprint density at radius 2 is 1.88 bits per heavy atom. The number of benzene rings is 2. The van der Waals surface area contributed by atoms with Gasteiger partial charge in [0, 0.05) is 35.9 Å². The van der Waals surface area contributed by atoms with E-state index in [1.54, 1.807) is 0 Å². The Kier molecular flexibility index (Phi) is 5.92. The van der Waals surface area contributed by atoms with Gasteiger partial charge in [-0.3, -0.25) is 0 Å². The van der Waals surface area contributed by atoms with Gasteiger partial charge in [-0.1, -0.05) is 55.1 Å². The second kappa shape index (κ2) is 8.54. The number of hydrogen-bond donors (Lipinski definition) is 3. The molecule has 0 aliphatic heterocycles. The molecule has 2 aromatic carbocycles. The Morgan fingerprint density at radius 1 is 1.12 bits per heavy atom. The van der Waals surface area contributed by atoms with E-state index in [2.05, 4.69) is 83.7 Å². The molecule has 26 heavy (non-hydrogen) atoms. The third-order valence-electron chi connectivity index (χ3n) is 4.69. The molecule has 3 rings (SSSR count). The average molecular weight is 345 g/mol. The highest BCUT2D eigenvalue weighted by atomic mass is 14.8. The summed E-state index contributed by atoms with van der Waals surface area (Å²) in [5.74, 6) is 0. The molecule has 0 saturated heterocycles. The van der Waals surface area contributed by atoms with E-state index in [9.17, 15) is 0 Å². The average Bonchev–Trinajstić information content (AvgIpc) is 2.99. The monoisotopic (exact) mass is 345 g/mol. The van der Waals surface area contributed by atoms with Crippen LogP contribution in [0.15, 0.2) is 66.9 Å². The van der Waals surface area contributed by atoms with Crippen LogP contribution in [-0.4, -0.2) is 18.6 Å². The summed E-state index contributed by atoms with van der Waals surface area (Å²) in [6.07, 6.45) is 5.08. The zero-order valence-electron chi connectivity index (χ0n) is 15.6. The Labute approximate surface area is 155 Å². The van der Waals surface area contributed by atoms with E-state index in [0.717, 1.165) is 25.2 Å². The summed E-state index contributed by atoms with van der Waals surface area (Å²) in [5, 5.41) is 7.91. The lowest BCUT2D eigenvalue weighted by Crippen LogP contribution is -2.16. The van der Waals surface area contributed by atoms with Gasteiger partial charge in [-0.15, -0.1) is 0 Å². The molecule has 0 unspecified atom stereocenters. The number of aryl methyl sites for hydroxylation is 1. The Bertz CT molecular complexity index is 901. The van der Waals surface area contributed by atoms with Crippen LogP contribution in [0.4, 0.5) is 0 Å². The van der Waals surface area contributed by atoms with Crippen molar-refractivity contribution in [1.29, 1.82) is 0 Å². The van der Waals surface area contributed by atoms with Crippen LogP contribution in [0.3, 0.4) is 0 Å². The second-order valence-corrected chi connectivity index (χ2v) is 6.55. The van der Waals surface area contributed by atoms with Crippen molar-refractivity contribution in [2.24, 2.45) is 0 Å². The summed E-state index contributed by atoms with van der Waals surface area (Å²) in [6.45, 7) is 7.90. The van der Waals surface area contributed by atoms with Crippen molar-refractivity contribution in [1.82, 2.24) is 15.6 Å². The molecule has 0 spiro atoms. The van der Waals surface area contributed by atoms with Crippen LogP contribution in [0.5, 0.6) is 0 Å². The minimum atomic E-state index is 0.884. The zero-order valence-corrected chi connectivity index (χ0v) is 15.6. The number of aromatic amines is 1. The Morgan fingerprint density at radius 3 is 2.65 bits per heavy atom. The van der Waals surface area contributed by atoms with E-state index in [4.69, 9.17) is 0 Å². The number of H-pyrrole nitrogens is 1. The standard InChI is InChI=1S/C23H27N3/c1-17(24-3)8-9-19-10-12-20(13-11-19)16-25-15-14-21-18(2)26-23-7-5-4-6-22(21)23/h4-13,24-26H,1,14-16H2,2-3H3/b9-8+. The van der Waals surface area contributed by atoms with Crippen molar-refractivity contribution in [3.8, 4) is 0 Å². The lowest BCUT2D eigenvalue weighted by Gasteiger charge is -2.06. The fourth-order valence-corrected chi connectivity index (χ4v) is 3.13. The first kappa shape index (κ1) is 18.0. The quantitative estimate of drug-likeness (QED) is 0.414. The number of fused-ring (bicyclic) bond motifs is 1. The molecule has 0 saturated carbocycles. The summed E-state index contributed by atoms with van der Waals surface area (Å²) in [7, 11) is 1.87. The maximum absolute atomic E-state index is 3.89. The molecule has 3 N–H and O–H groups in total. The molecule has 1 aromatic heterocycles. The predicted molar refractivity (Wildman–Crippen MR) is 112 cm³/mol. The molecule has 3 heteroatoms. The van der Waals surface area contributed by atoms with Gasteiger partial charge in [0.05, 0.1) is 0 Å². The van der Waals surface area contributed by atoms with Gasteiger partial charge in [-0.2, -0.15) is 0 Å². The van der Waals surface area contributed by atoms with Crippen LogP contribution >= 0.6 is 0 Å². The third kappa shape index (κ3) is 4.44. The molecule has 3 nitrogen and oxygen atoms in total. The number of likely N-dealkylation sites (N-methyl/N-ethyl adjacent to an activating group) is 1. The lowest BCUT2D eigenvalue weighted by molar-refractivity contribution is 0.687. The van der Waals surface area contributed by atoms with Crippen LogP contribution in [-0.2, 0) is 13.0 Å². The predicted octanol–water partition coefficient (Wildman–Crippen LogP) is 4.55. The molecule has 3 aromatic rings. The summed E-state index contributed by atoms with van der Waals surface area (Å²) in [6, 6.07) is 17.1. The SMILES string of the molecule is C=C(/C=C/c1ccc(CNCCc2c(C)[nH]c3ccccc23)cc1)NC. The number of para-hydroxylation sites is 1. The first-order chi connectivity index (χ1) is 12.7. The number of nitrogens with one attached hydrogen (secondary N) is 3. The molecular weight excluding hydrogens is 318 g/mol. The van der Waals surface area contributed by atoms with Crippen LogP contribution in [0.25, 0.3) is 17.0 Å². The third-order valence-corrected chi connectivity index (χ3v) is 4.69. The van der Waals surface area contributed by atoms with Gasteiger partial charge in [-0.05, 0) is 48.7 Å². The van der Waals surface area contributed by atoms with Crippen molar-refractivity contribution in [2.45, 2.75) is 19.9 Å². The largest absolute Gasteiger partial charge is 0.389 e. The molecule has 0 aliphatic rings. The van der Waals surface area contributed by atoms with E-state index in [1.807, 2.05) is 13.1 Å². The minimum Gasteiger partial charge on any atom is -0.389 e. The van der Waals surface area contributed by atoms with Crippen LogP contribution in [0, 0.1) is 6.92 Å². The zero-order chi connectivity index (χ0) is 18.4. The molecule has 0 fully saturated rings. The summed E-state index contributed by atoms with van der Waals surface area (Å²) >= 11 is 0. The lowest BCUT2D eigenvalue weighted by atomic mass is 10.1. The highest BCUT2D eigenvalue weighted by molar-refractivity contribution is 5.84. The van der Waals surface area contributed by atoms with Gasteiger partial charge in [-0.25, -0.2) is 0 Å². The molecule has 0 bridgehead atoms. The van der Waals surface area contributed by atoms with E-state index in [0.29, 0.717) is 0 Å². The molecular formula is C23H27N3. The first-order valence-electron chi connectivity index (χ1n) is 9.08. The van der Waals surface area contributed by atoms with Crippen LogP contribution in [0.1, 0.15) is 22.4 Å². The van der Waals surface area contributed by atoms with Crippen molar-refractivity contribution < 1.29 is 0 Å². The van der Waals surface area contributed by atoms with E-state index in [1.165, 1.54) is 33.3 Å². The fourth-order valence-electron chi connectivity index (χ4n) is 3.13. The molecule has 0 aliphatic carbocycles. The van der Waals surface area contributed by atoms with Crippen LogP contribution in [0.2, 0.25) is 0 Å². The highest BCUT2D eigenvalue weighted by Crippen LogP contribution is 2.21. The minimum absolute atomic E-state index is 0.884. The number of allylic oxidation sites excluding steroid dienone is 1. The first-order valence-corrected chi connectivity index (χ1v) is 9.08. The van der Waals surface area contributed by atoms with E-state index in [-0.39, 0.29) is 0 Å². The highest BCUT2D eigenvalue weighted by Gasteiger charge is 2.07. The van der Waals surface area contributed by atoms with Crippen molar-refractivity contribution in [3.63, 3.8) is 0 Å². The topological polar surface area (TPSA) is 39.9 Å². The smallest absolute Gasteiger partial charge is 0.0458 e. The van der Waals surface area contributed by atoms with Crippen molar-refractivity contribution in [2.75, 3.05) is 13.6 Å². The van der Waals surface area contributed by atoms with Gasteiger partial charge in [0.15, 0.2) is 0 Å². The van der Waals surface area contributed by atoms with Gasteiger partial charge in [0.1, 0.15) is 0 Å². The Balaban J connectivity index is 1.51. The maximum atomic E-state index is 3.89. The summed E-state index contributed by atoms with van der Waals surface area (Å²) in [5.41, 5.74) is 7.29. The number of hydrogen-bond acceptors (Lipinski definition) is 2. The van der Waals surface area contributed by atoms with Gasteiger partial charge < -0.3 is 15.6 Å². The van der Waals surface area contributed by atoms with Gasteiger partial charge in [0.25, 0.3) is 0 Å². The summed E-state index contributed by atoms with van der Waals surface area (Å²) < 4.78 is 0. The van der Waals surface area contributed by atoms with Crippen molar-refractivity contribution >= 4 is 17.0 Å². The number of rotatable bonds is 8. The molecule has 0 amide bonds. The van der Waals surface area contributed by atoms with E-state index < -0.39 is 0 Å². The molecule has 0 radical (unpaired) electrons. The Hall–Kier alpha value is -2.78. The summed E-state index contributed by atoms with van der Waals surface area (Å²) in [4.78, 5) is 3.47. The number of aromatic nitrogens is 1. The van der Waals surface area contributed by atoms with E-state index >= 15 is 0 Å². The van der Waals surface area contributed by atoms with Gasteiger partial charge >= 0.3 is 0 Å².